The third-order valence-corrected chi connectivity index (χ3v) is 5.06. The molecule has 1 aromatic carbocycles. The van der Waals surface area contributed by atoms with Crippen molar-refractivity contribution < 1.29 is 34.3 Å². The molecule has 3 heterocycles. The van der Waals surface area contributed by atoms with Crippen LogP contribution in [0.3, 0.4) is 0 Å². The van der Waals surface area contributed by atoms with Crippen LogP contribution >= 0.6 is 0 Å². The molecule has 9 heteroatoms. The number of ether oxygens (including phenoxy) is 2. The van der Waals surface area contributed by atoms with Crippen molar-refractivity contribution in [3.8, 4) is 17.0 Å². The highest BCUT2D eigenvalue weighted by Crippen LogP contribution is 2.28. The number of aryl methyl sites for hydroxylation is 1. The first-order chi connectivity index (χ1) is 14.4. The summed E-state index contributed by atoms with van der Waals surface area (Å²) in [6, 6.07) is 9.74. The SMILES string of the molecule is Cc1oc2cc(O[C@H]3O[C@@H](CO)[C@@H](O)[C@@H](O)[C@H]3O)ccc2c(=O)c1-c1ccccn1. The fourth-order valence-corrected chi connectivity index (χ4v) is 3.46. The molecule has 0 unspecified atom stereocenters. The second kappa shape index (κ2) is 8.13. The van der Waals surface area contributed by atoms with Gasteiger partial charge in [-0.05, 0) is 31.2 Å². The molecule has 0 radical (unpaired) electrons. The number of hydrogen-bond donors (Lipinski definition) is 4. The minimum absolute atomic E-state index is 0.208. The van der Waals surface area contributed by atoms with Gasteiger partial charge in [-0.3, -0.25) is 9.78 Å². The van der Waals surface area contributed by atoms with Crippen LogP contribution in [0, 0.1) is 6.92 Å². The van der Waals surface area contributed by atoms with Gasteiger partial charge in [-0.25, -0.2) is 0 Å². The summed E-state index contributed by atoms with van der Waals surface area (Å²) in [6.45, 7) is 1.10. The molecule has 30 heavy (non-hydrogen) atoms. The van der Waals surface area contributed by atoms with Crippen LogP contribution in [0.15, 0.2) is 51.8 Å². The van der Waals surface area contributed by atoms with Gasteiger partial charge in [0.1, 0.15) is 41.5 Å². The second-order valence-electron chi connectivity index (χ2n) is 7.05. The Morgan fingerprint density at radius 1 is 1.10 bits per heavy atom. The van der Waals surface area contributed by atoms with Crippen LogP contribution in [0.25, 0.3) is 22.2 Å². The van der Waals surface area contributed by atoms with Gasteiger partial charge in [-0.15, -0.1) is 0 Å². The zero-order valence-electron chi connectivity index (χ0n) is 16.0. The highest BCUT2D eigenvalue weighted by atomic mass is 16.7. The lowest BCUT2D eigenvalue weighted by atomic mass is 9.99. The van der Waals surface area contributed by atoms with E-state index in [0.717, 1.165) is 0 Å². The molecule has 3 aromatic rings. The lowest BCUT2D eigenvalue weighted by molar-refractivity contribution is -0.277. The highest BCUT2D eigenvalue weighted by molar-refractivity contribution is 5.83. The number of hydrogen-bond acceptors (Lipinski definition) is 9. The first kappa shape index (κ1) is 20.5. The number of aliphatic hydroxyl groups is 4. The molecule has 4 N–H and O–H groups in total. The third-order valence-electron chi connectivity index (χ3n) is 5.06. The summed E-state index contributed by atoms with van der Waals surface area (Å²) in [7, 11) is 0. The quantitative estimate of drug-likeness (QED) is 0.474. The molecule has 5 atom stereocenters. The maximum absolute atomic E-state index is 13.0. The Labute approximate surface area is 170 Å². The number of aromatic nitrogens is 1. The number of aliphatic hydroxyl groups excluding tert-OH is 4. The van der Waals surface area contributed by atoms with E-state index in [1.54, 1.807) is 31.3 Å². The first-order valence-corrected chi connectivity index (χ1v) is 9.36. The van der Waals surface area contributed by atoms with E-state index in [9.17, 15) is 25.2 Å². The number of benzene rings is 1. The maximum atomic E-state index is 13.0. The molecule has 9 nitrogen and oxygen atoms in total. The molecule has 1 saturated heterocycles. The Bertz CT molecular complexity index is 1100. The van der Waals surface area contributed by atoms with Gasteiger partial charge in [-0.2, -0.15) is 0 Å². The van der Waals surface area contributed by atoms with Gasteiger partial charge in [0.05, 0.1) is 23.3 Å². The van der Waals surface area contributed by atoms with Crippen LogP contribution in [-0.2, 0) is 4.74 Å². The van der Waals surface area contributed by atoms with E-state index in [2.05, 4.69) is 4.98 Å². The highest BCUT2D eigenvalue weighted by Gasteiger charge is 2.44. The number of fused-ring (bicyclic) bond motifs is 1. The summed E-state index contributed by atoms with van der Waals surface area (Å²) in [4.78, 5) is 17.2. The van der Waals surface area contributed by atoms with Gasteiger partial charge in [0.2, 0.25) is 11.7 Å². The molecular weight excluding hydrogens is 394 g/mol. The zero-order valence-corrected chi connectivity index (χ0v) is 16.0. The van der Waals surface area contributed by atoms with E-state index < -0.39 is 37.3 Å². The van der Waals surface area contributed by atoms with Crippen LogP contribution in [0.4, 0.5) is 0 Å². The maximum Gasteiger partial charge on any atom is 0.229 e. The Morgan fingerprint density at radius 3 is 2.60 bits per heavy atom. The molecular formula is C21H21NO8. The average molecular weight is 415 g/mol. The standard InChI is InChI=1S/C21H21NO8/c1-10-16(13-4-2-3-7-22-13)17(24)12-6-5-11(8-14(12)28-10)29-21-20(27)19(26)18(25)15(9-23)30-21/h2-8,15,18-21,23,25-27H,9H2,1H3/t15-,18+,19+,20+,21-/m0/s1. The smallest absolute Gasteiger partial charge is 0.229 e. The minimum Gasteiger partial charge on any atom is -0.462 e. The largest absolute Gasteiger partial charge is 0.462 e. The van der Waals surface area contributed by atoms with E-state index in [-0.39, 0.29) is 16.8 Å². The van der Waals surface area contributed by atoms with Crippen molar-refractivity contribution in [2.45, 2.75) is 37.6 Å². The van der Waals surface area contributed by atoms with Crippen LogP contribution in [0.1, 0.15) is 5.76 Å². The van der Waals surface area contributed by atoms with Crippen molar-refractivity contribution in [1.82, 2.24) is 4.98 Å². The molecule has 158 valence electrons. The van der Waals surface area contributed by atoms with Crippen LogP contribution in [0.2, 0.25) is 0 Å². The molecule has 0 amide bonds. The van der Waals surface area contributed by atoms with Crippen LogP contribution in [0.5, 0.6) is 5.75 Å². The molecule has 1 aliphatic heterocycles. The van der Waals surface area contributed by atoms with Crippen molar-refractivity contribution in [3.05, 3.63) is 58.6 Å². The zero-order chi connectivity index (χ0) is 21.4. The molecule has 2 aromatic heterocycles. The van der Waals surface area contributed by atoms with Crippen molar-refractivity contribution in [2.75, 3.05) is 6.61 Å². The molecule has 0 spiro atoms. The Balaban J connectivity index is 1.67. The van der Waals surface area contributed by atoms with E-state index in [0.29, 0.717) is 22.4 Å². The summed E-state index contributed by atoms with van der Waals surface area (Å²) < 4.78 is 16.7. The van der Waals surface area contributed by atoms with Crippen LogP contribution < -0.4 is 10.2 Å². The first-order valence-electron chi connectivity index (χ1n) is 9.36. The Kier molecular flexibility index (Phi) is 5.54. The van der Waals surface area contributed by atoms with Crippen molar-refractivity contribution in [1.29, 1.82) is 0 Å². The van der Waals surface area contributed by atoms with Gasteiger partial charge in [-0.1, -0.05) is 6.07 Å². The molecule has 0 aliphatic carbocycles. The van der Waals surface area contributed by atoms with E-state index >= 15 is 0 Å². The predicted molar refractivity (Wildman–Crippen MR) is 105 cm³/mol. The molecule has 0 bridgehead atoms. The van der Waals surface area contributed by atoms with Gasteiger partial charge in [0.25, 0.3) is 0 Å². The third kappa shape index (κ3) is 3.57. The van der Waals surface area contributed by atoms with Gasteiger partial charge >= 0.3 is 0 Å². The number of rotatable bonds is 4. The fourth-order valence-electron chi connectivity index (χ4n) is 3.46. The van der Waals surface area contributed by atoms with Gasteiger partial charge in [0, 0.05) is 12.3 Å². The lowest BCUT2D eigenvalue weighted by Gasteiger charge is -2.39. The van der Waals surface area contributed by atoms with E-state index in [4.69, 9.17) is 13.9 Å². The summed E-state index contributed by atoms with van der Waals surface area (Å²) in [5.41, 5.74) is 0.893. The Morgan fingerprint density at radius 2 is 1.90 bits per heavy atom. The number of pyridine rings is 1. The summed E-state index contributed by atoms with van der Waals surface area (Å²) in [5, 5.41) is 39.5. The van der Waals surface area contributed by atoms with E-state index in [1.807, 2.05) is 0 Å². The normalized spacial score (nSPS) is 26.6. The topological polar surface area (TPSA) is 142 Å². The summed E-state index contributed by atoms with van der Waals surface area (Å²) >= 11 is 0. The molecule has 0 saturated carbocycles. The molecule has 1 aliphatic rings. The monoisotopic (exact) mass is 415 g/mol. The second-order valence-corrected chi connectivity index (χ2v) is 7.05. The molecule has 4 rings (SSSR count). The van der Waals surface area contributed by atoms with Crippen LogP contribution in [-0.4, -0.2) is 62.7 Å². The van der Waals surface area contributed by atoms with Gasteiger partial charge in [0.15, 0.2) is 0 Å². The molecule has 1 fully saturated rings. The lowest BCUT2D eigenvalue weighted by Crippen LogP contribution is -2.60. The van der Waals surface area contributed by atoms with Crippen molar-refractivity contribution >= 4 is 11.0 Å². The minimum atomic E-state index is -1.55. The van der Waals surface area contributed by atoms with Crippen molar-refractivity contribution in [3.63, 3.8) is 0 Å². The summed E-state index contributed by atoms with van der Waals surface area (Å²) in [5.74, 6) is 0.594. The Hall–Kier alpha value is -2.82. The summed E-state index contributed by atoms with van der Waals surface area (Å²) in [6.07, 6.45) is -5.41. The van der Waals surface area contributed by atoms with Crippen molar-refractivity contribution in [2.24, 2.45) is 0 Å². The average Bonchev–Trinajstić information content (AvgIpc) is 2.74. The number of nitrogens with zero attached hydrogens (tertiary/aromatic N) is 1. The fraction of sp³-hybridized carbons (Fsp3) is 0.333. The van der Waals surface area contributed by atoms with Gasteiger partial charge < -0.3 is 34.3 Å². The predicted octanol–water partition coefficient (Wildman–Crippen LogP) is 0.342. The van der Waals surface area contributed by atoms with E-state index in [1.165, 1.54) is 18.2 Å².